The number of benzene rings is 1. The Balaban J connectivity index is 1.45. The number of fused-ring (bicyclic) bond motifs is 2. The SMILES string of the molecule is Cn1cc(-c2ccc3cnc(NC(=O)c4cnc5ccccc5c4)cc3n2)cn1. The third kappa shape index (κ3) is 3.29. The Labute approximate surface area is 166 Å². The van der Waals surface area contributed by atoms with Gasteiger partial charge in [-0.2, -0.15) is 5.10 Å². The molecule has 7 nitrogen and oxygen atoms in total. The van der Waals surface area contributed by atoms with Gasteiger partial charge >= 0.3 is 0 Å². The smallest absolute Gasteiger partial charge is 0.258 e. The average Bonchev–Trinajstić information content (AvgIpc) is 3.19. The van der Waals surface area contributed by atoms with Crippen molar-refractivity contribution in [2.45, 2.75) is 0 Å². The zero-order chi connectivity index (χ0) is 19.8. The van der Waals surface area contributed by atoms with Crippen LogP contribution in [0.25, 0.3) is 33.1 Å². The minimum absolute atomic E-state index is 0.265. The number of hydrogen-bond acceptors (Lipinski definition) is 5. The summed E-state index contributed by atoms with van der Waals surface area (Å²) in [6, 6.07) is 15.1. The van der Waals surface area contributed by atoms with Gasteiger partial charge in [-0.1, -0.05) is 18.2 Å². The molecule has 0 saturated heterocycles. The highest BCUT2D eigenvalue weighted by atomic mass is 16.1. The Morgan fingerprint density at radius 3 is 2.69 bits per heavy atom. The molecule has 4 heterocycles. The Hall–Kier alpha value is -4.13. The molecular weight excluding hydrogens is 364 g/mol. The van der Waals surface area contributed by atoms with Crippen molar-refractivity contribution >= 4 is 33.5 Å². The quantitative estimate of drug-likeness (QED) is 0.514. The maximum Gasteiger partial charge on any atom is 0.258 e. The molecule has 140 valence electrons. The van der Waals surface area contributed by atoms with E-state index in [4.69, 9.17) is 0 Å². The summed E-state index contributed by atoms with van der Waals surface area (Å²) in [4.78, 5) is 26.0. The molecule has 0 radical (unpaired) electrons. The zero-order valence-electron chi connectivity index (χ0n) is 15.6. The standard InChI is InChI=1S/C22H16N6O/c1-28-13-17(12-25-28)19-7-6-15-10-24-21(9-20(15)26-19)27-22(29)16-8-14-4-2-3-5-18(14)23-11-16/h2-13H,1H3,(H,24,27,29). The van der Waals surface area contributed by atoms with Gasteiger partial charge in [0, 0.05) is 48.0 Å². The molecule has 5 aromatic rings. The molecule has 0 aliphatic carbocycles. The van der Waals surface area contributed by atoms with Gasteiger partial charge in [-0.15, -0.1) is 0 Å². The third-order valence-electron chi connectivity index (χ3n) is 4.67. The number of rotatable bonds is 3. The van der Waals surface area contributed by atoms with Gasteiger partial charge < -0.3 is 5.32 Å². The van der Waals surface area contributed by atoms with Gasteiger partial charge in [-0.25, -0.2) is 9.97 Å². The van der Waals surface area contributed by atoms with Crippen LogP contribution in [-0.2, 0) is 7.05 Å². The lowest BCUT2D eigenvalue weighted by atomic mass is 10.1. The summed E-state index contributed by atoms with van der Waals surface area (Å²) < 4.78 is 1.73. The number of amides is 1. The number of carbonyl (C=O) groups is 1. The number of aryl methyl sites for hydroxylation is 1. The molecule has 0 unspecified atom stereocenters. The number of carbonyl (C=O) groups excluding carboxylic acids is 1. The van der Waals surface area contributed by atoms with Crippen LogP contribution in [0.2, 0.25) is 0 Å². The van der Waals surface area contributed by atoms with Crippen molar-refractivity contribution in [3.8, 4) is 11.3 Å². The molecule has 1 amide bonds. The summed E-state index contributed by atoms with van der Waals surface area (Å²) >= 11 is 0. The predicted molar refractivity (Wildman–Crippen MR) is 111 cm³/mol. The lowest BCUT2D eigenvalue weighted by Crippen LogP contribution is -2.13. The van der Waals surface area contributed by atoms with Gasteiger partial charge in [0.25, 0.3) is 5.91 Å². The molecule has 7 heteroatoms. The van der Waals surface area contributed by atoms with Crippen LogP contribution in [0, 0.1) is 0 Å². The van der Waals surface area contributed by atoms with Gasteiger partial charge in [0.05, 0.1) is 28.5 Å². The lowest BCUT2D eigenvalue weighted by Gasteiger charge is -2.07. The first-order valence-electron chi connectivity index (χ1n) is 9.08. The van der Waals surface area contributed by atoms with Crippen molar-refractivity contribution in [1.82, 2.24) is 24.7 Å². The third-order valence-corrected chi connectivity index (χ3v) is 4.67. The predicted octanol–water partition coefficient (Wildman–Crippen LogP) is 3.83. The Kier molecular flexibility index (Phi) is 3.98. The van der Waals surface area contributed by atoms with Gasteiger partial charge in [-0.05, 0) is 24.3 Å². The van der Waals surface area contributed by atoms with E-state index in [1.165, 1.54) is 0 Å². The molecule has 0 spiro atoms. The fraction of sp³-hybridized carbons (Fsp3) is 0.0455. The van der Waals surface area contributed by atoms with E-state index in [1.807, 2.05) is 55.7 Å². The van der Waals surface area contributed by atoms with Crippen LogP contribution in [0.4, 0.5) is 5.82 Å². The van der Waals surface area contributed by atoms with Crippen LogP contribution in [0.15, 0.2) is 73.3 Å². The lowest BCUT2D eigenvalue weighted by molar-refractivity contribution is 0.102. The minimum Gasteiger partial charge on any atom is -0.306 e. The molecule has 0 bridgehead atoms. The van der Waals surface area contributed by atoms with Crippen LogP contribution in [-0.4, -0.2) is 30.6 Å². The van der Waals surface area contributed by atoms with Gasteiger partial charge in [0.15, 0.2) is 0 Å². The van der Waals surface area contributed by atoms with Crippen molar-refractivity contribution in [2.75, 3.05) is 5.32 Å². The van der Waals surface area contributed by atoms with Crippen molar-refractivity contribution in [3.05, 3.63) is 78.9 Å². The summed E-state index contributed by atoms with van der Waals surface area (Å²) in [6.45, 7) is 0. The minimum atomic E-state index is -0.265. The number of anilines is 1. The first kappa shape index (κ1) is 17.0. The molecule has 0 fully saturated rings. The van der Waals surface area contributed by atoms with Crippen molar-refractivity contribution in [3.63, 3.8) is 0 Å². The molecule has 0 saturated carbocycles. The van der Waals surface area contributed by atoms with Crippen LogP contribution in [0.5, 0.6) is 0 Å². The molecule has 0 atom stereocenters. The maximum atomic E-state index is 12.7. The van der Waals surface area contributed by atoms with E-state index in [9.17, 15) is 4.79 Å². The summed E-state index contributed by atoms with van der Waals surface area (Å²) in [5.74, 6) is 0.171. The zero-order valence-corrected chi connectivity index (χ0v) is 15.6. The molecule has 0 aliphatic heterocycles. The maximum absolute atomic E-state index is 12.7. The monoisotopic (exact) mass is 380 g/mol. The first-order valence-corrected chi connectivity index (χ1v) is 9.08. The second-order valence-electron chi connectivity index (χ2n) is 6.73. The molecule has 1 aromatic carbocycles. The second-order valence-corrected chi connectivity index (χ2v) is 6.73. The Morgan fingerprint density at radius 2 is 1.83 bits per heavy atom. The number of para-hydroxylation sites is 1. The molecular formula is C22H16N6O. The van der Waals surface area contributed by atoms with Crippen molar-refractivity contribution in [1.29, 1.82) is 0 Å². The van der Waals surface area contributed by atoms with Gasteiger partial charge in [0.2, 0.25) is 0 Å². The highest BCUT2D eigenvalue weighted by Crippen LogP contribution is 2.22. The fourth-order valence-electron chi connectivity index (χ4n) is 3.18. The summed E-state index contributed by atoms with van der Waals surface area (Å²) in [6.07, 6.45) is 6.94. The summed E-state index contributed by atoms with van der Waals surface area (Å²) in [7, 11) is 1.86. The Morgan fingerprint density at radius 1 is 0.931 bits per heavy atom. The average molecular weight is 380 g/mol. The molecule has 1 N–H and O–H groups in total. The topological polar surface area (TPSA) is 85.6 Å². The largest absolute Gasteiger partial charge is 0.306 e. The van der Waals surface area contributed by atoms with E-state index < -0.39 is 0 Å². The summed E-state index contributed by atoms with van der Waals surface area (Å²) in [5, 5.41) is 8.82. The van der Waals surface area contributed by atoms with E-state index in [2.05, 4.69) is 25.4 Å². The van der Waals surface area contributed by atoms with E-state index in [0.29, 0.717) is 11.4 Å². The van der Waals surface area contributed by atoms with E-state index >= 15 is 0 Å². The van der Waals surface area contributed by atoms with E-state index in [1.54, 1.807) is 29.3 Å². The number of nitrogens with zero attached hydrogens (tertiary/aromatic N) is 5. The highest BCUT2D eigenvalue weighted by molar-refractivity contribution is 6.05. The summed E-state index contributed by atoms with van der Waals surface area (Å²) in [5.41, 5.74) is 3.81. The van der Waals surface area contributed by atoms with E-state index in [0.717, 1.165) is 33.1 Å². The van der Waals surface area contributed by atoms with Crippen LogP contribution < -0.4 is 5.32 Å². The van der Waals surface area contributed by atoms with Crippen molar-refractivity contribution in [2.24, 2.45) is 7.05 Å². The normalized spacial score (nSPS) is 11.1. The molecule has 5 rings (SSSR count). The van der Waals surface area contributed by atoms with Crippen LogP contribution in [0.1, 0.15) is 10.4 Å². The fourth-order valence-corrected chi connectivity index (χ4v) is 3.18. The number of aromatic nitrogens is 5. The second kappa shape index (κ2) is 6.79. The highest BCUT2D eigenvalue weighted by Gasteiger charge is 2.10. The van der Waals surface area contributed by atoms with Gasteiger partial charge in [0.1, 0.15) is 5.82 Å². The Bertz CT molecular complexity index is 1370. The van der Waals surface area contributed by atoms with Crippen LogP contribution in [0.3, 0.4) is 0 Å². The first-order chi connectivity index (χ1) is 14.2. The molecule has 29 heavy (non-hydrogen) atoms. The number of nitrogens with one attached hydrogen (secondary N) is 1. The number of hydrogen-bond donors (Lipinski definition) is 1. The van der Waals surface area contributed by atoms with Crippen LogP contribution >= 0.6 is 0 Å². The van der Waals surface area contributed by atoms with Gasteiger partial charge in [-0.3, -0.25) is 14.5 Å². The number of pyridine rings is 3. The van der Waals surface area contributed by atoms with E-state index in [-0.39, 0.29) is 5.91 Å². The van der Waals surface area contributed by atoms with Crippen molar-refractivity contribution < 1.29 is 4.79 Å². The molecule has 4 aromatic heterocycles. The molecule has 0 aliphatic rings.